The van der Waals surface area contributed by atoms with Gasteiger partial charge >= 0.3 is 0 Å². The molecule has 1 aromatic rings. The topological polar surface area (TPSA) is 86.2 Å². The van der Waals surface area contributed by atoms with Crippen LogP contribution >= 0.6 is 0 Å². The van der Waals surface area contributed by atoms with Gasteiger partial charge in [0.2, 0.25) is 5.91 Å². The molecule has 0 bridgehead atoms. The van der Waals surface area contributed by atoms with Crippen molar-refractivity contribution < 1.29 is 9.59 Å². The van der Waals surface area contributed by atoms with Gasteiger partial charge in [-0.2, -0.15) is 0 Å². The van der Waals surface area contributed by atoms with Crippen molar-refractivity contribution in [1.82, 2.24) is 0 Å². The Labute approximate surface area is 88.3 Å². The van der Waals surface area contributed by atoms with Crippen molar-refractivity contribution in [2.24, 2.45) is 11.5 Å². The molecule has 0 aliphatic carbocycles. The molecule has 0 aromatic heterocycles. The lowest BCUT2D eigenvalue weighted by atomic mass is 10.0. The van der Waals surface area contributed by atoms with Crippen LogP contribution in [0.15, 0.2) is 30.3 Å². The number of rotatable bonds is 5. The van der Waals surface area contributed by atoms with Gasteiger partial charge in [0.15, 0.2) is 5.78 Å². The van der Waals surface area contributed by atoms with E-state index in [1.54, 1.807) is 0 Å². The van der Waals surface area contributed by atoms with Crippen LogP contribution in [0.3, 0.4) is 0 Å². The minimum Gasteiger partial charge on any atom is -0.370 e. The summed E-state index contributed by atoms with van der Waals surface area (Å²) in [5.41, 5.74) is 11.4. The van der Waals surface area contributed by atoms with Gasteiger partial charge in [-0.3, -0.25) is 9.59 Å². The number of Topliss-reactive ketones (excluding diaryl/α,β-unsaturated/α-hetero) is 1. The van der Waals surface area contributed by atoms with Crippen molar-refractivity contribution in [3.63, 3.8) is 0 Å². The second-order valence-corrected chi connectivity index (χ2v) is 3.41. The third kappa shape index (κ3) is 3.91. The lowest BCUT2D eigenvalue weighted by molar-refractivity contribution is -0.124. The summed E-state index contributed by atoms with van der Waals surface area (Å²) in [7, 11) is 0. The highest BCUT2D eigenvalue weighted by molar-refractivity contribution is 5.90. The SMILES string of the molecule is NC(=O)C[C@H](N)C(=O)Cc1ccccc1. The Morgan fingerprint density at radius 2 is 1.80 bits per heavy atom. The molecule has 4 nitrogen and oxygen atoms in total. The van der Waals surface area contributed by atoms with Crippen LogP contribution in [0.25, 0.3) is 0 Å². The maximum atomic E-state index is 11.5. The smallest absolute Gasteiger partial charge is 0.219 e. The normalized spacial score (nSPS) is 12.1. The molecule has 0 radical (unpaired) electrons. The molecule has 1 rings (SSSR count). The Morgan fingerprint density at radius 3 is 2.33 bits per heavy atom. The molecule has 0 fully saturated rings. The molecule has 1 atom stereocenters. The zero-order chi connectivity index (χ0) is 11.3. The first-order valence-electron chi connectivity index (χ1n) is 4.70. The summed E-state index contributed by atoms with van der Waals surface area (Å²) >= 11 is 0. The Balaban J connectivity index is 2.52. The fraction of sp³-hybridized carbons (Fsp3) is 0.273. The van der Waals surface area contributed by atoms with Crippen LogP contribution in [0.4, 0.5) is 0 Å². The number of ketones is 1. The van der Waals surface area contributed by atoms with Crippen LogP contribution in [0.1, 0.15) is 12.0 Å². The van der Waals surface area contributed by atoms with Crippen LogP contribution in [0.5, 0.6) is 0 Å². The minimum absolute atomic E-state index is 0.0916. The Morgan fingerprint density at radius 1 is 1.20 bits per heavy atom. The molecule has 80 valence electrons. The second-order valence-electron chi connectivity index (χ2n) is 3.41. The Hall–Kier alpha value is -1.68. The third-order valence-electron chi connectivity index (χ3n) is 2.06. The van der Waals surface area contributed by atoms with E-state index in [1.807, 2.05) is 30.3 Å². The number of hydrogen-bond donors (Lipinski definition) is 2. The highest BCUT2D eigenvalue weighted by Crippen LogP contribution is 2.02. The highest BCUT2D eigenvalue weighted by Gasteiger charge is 2.15. The van der Waals surface area contributed by atoms with Gasteiger partial charge in [-0.1, -0.05) is 30.3 Å². The van der Waals surface area contributed by atoms with Crippen molar-refractivity contribution in [2.75, 3.05) is 0 Å². The van der Waals surface area contributed by atoms with E-state index in [-0.39, 0.29) is 18.6 Å². The summed E-state index contributed by atoms with van der Waals surface area (Å²) < 4.78 is 0. The first kappa shape index (κ1) is 11.4. The molecule has 0 saturated heterocycles. The van der Waals surface area contributed by atoms with Crippen LogP contribution in [-0.2, 0) is 16.0 Å². The number of primary amides is 1. The molecule has 0 unspecified atom stereocenters. The molecule has 0 aliphatic rings. The van der Waals surface area contributed by atoms with E-state index in [0.29, 0.717) is 0 Å². The van der Waals surface area contributed by atoms with Crippen molar-refractivity contribution in [1.29, 1.82) is 0 Å². The number of benzene rings is 1. The maximum absolute atomic E-state index is 11.5. The summed E-state index contributed by atoms with van der Waals surface area (Å²) in [6.45, 7) is 0. The van der Waals surface area contributed by atoms with E-state index in [2.05, 4.69) is 0 Å². The molecule has 0 heterocycles. The largest absolute Gasteiger partial charge is 0.370 e. The molecule has 1 aromatic carbocycles. The zero-order valence-corrected chi connectivity index (χ0v) is 8.35. The molecule has 4 N–H and O–H groups in total. The van der Waals surface area contributed by atoms with E-state index in [9.17, 15) is 9.59 Å². The van der Waals surface area contributed by atoms with Gasteiger partial charge in [0.05, 0.1) is 6.04 Å². The summed E-state index contributed by atoms with van der Waals surface area (Å²) in [4.78, 5) is 22.1. The van der Waals surface area contributed by atoms with Gasteiger partial charge in [-0.15, -0.1) is 0 Å². The maximum Gasteiger partial charge on any atom is 0.219 e. The Bertz CT molecular complexity index is 349. The van der Waals surface area contributed by atoms with Gasteiger partial charge in [0, 0.05) is 12.8 Å². The summed E-state index contributed by atoms with van der Waals surface area (Å²) in [6, 6.07) is 8.47. The van der Waals surface area contributed by atoms with Gasteiger partial charge in [0.1, 0.15) is 0 Å². The van der Waals surface area contributed by atoms with E-state index in [0.717, 1.165) is 5.56 Å². The van der Waals surface area contributed by atoms with Crippen molar-refractivity contribution in [2.45, 2.75) is 18.9 Å². The second kappa shape index (κ2) is 5.26. The predicted molar refractivity (Wildman–Crippen MR) is 56.9 cm³/mol. The minimum atomic E-state index is -0.789. The average Bonchev–Trinajstić information content (AvgIpc) is 2.18. The fourth-order valence-electron chi connectivity index (χ4n) is 1.26. The molecule has 4 heteroatoms. The molecule has 0 saturated carbocycles. The Kier molecular flexibility index (Phi) is 4.00. The highest BCUT2D eigenvalue weighted by atomic mass is 16.1. The van der Waals surface area contributed by atoms with Crippen LogP contribution < -0.4 is 11.5 Å². The van der Waals surface area contributed by atoms with Gasteiger partial charge in [0.25, 0.3) is 0 Å². The predicted octanol–water partition coefficient (Wildman–Crippen LogP) is 0.000900. The molecular formula is C11H14N2O2. The lowest BCUT2D eigenvalue weighted by Gasteiger charge is -2.07. The monoisotopic (exact) mass is 206 g/mol. The first-order chi connectivity index (χ1) is 7.09. The molecule has 0 spiro atoms. The summed E-state index contributed by atoms with van der Waals surface area (Å²) in [5, 5.41) is 0. The fourth-order valence-corrected chi connectivity index (χ4v) is 1.26. The van der Waals surface area contributed by atoms with Gasteiger partial charge in [-0.05, 0) is 5.56 Å². The van der Waals surface area contributed by atoms with E-state index < -0.39 is 11.9 Å². The molecular weight excluding hydrogens is 192 g/mol. The summed E-state index contributed by atoms with van der Waals surface area (Å²) in [5.74, 6) is -0.719. The number of amides is 1. The zero-order valence-electron chi connectivity index (χ0n) is 8.35. The number of carbonyl (C=O) groups is 2. The number of carbonyl (C=O) groups excluding carboxylic acids is 2. The van der Waals surface area contributed by atoms with Gasteiger partial charge in [-0.25, -0.2) is 0 Å². The van der Waals surface area contributed by atoms with Crippen LogP contribution in [-0.4, -0.2) is 17.7 Å². The van der Waals surface area contributed by atoms with Crippen LogP contribution in [0.2, 0.25) is 0 Å². The quantitative estimate of drug-likeness (QED) is 0.711. The number of nitrogens with two attached hydrogens (primary N) is 2. The lowest BCUT2D eigenvalue weighted by Crippen LogP contribution is -2.36. The van der Waals surface area contributed by atoms with E-state index in [4.69, 9.17) is 11.5 Å². The van der Waals surface area contributed by atoms with Crippen molar-refractivity contribution >= 4 is 11.7 Å². The third-order valence-corrected chi connectivity index (χ3v) is 2.06. The van der Waals surface area contributed by atoms with E-state index >= 15 is 0 Å². The summed E-state index contributed by atoms with van der Waals surface area (Å²) in [6.07, 6.45) is 0.154. The number of hydrogen-bond acceptors (Lipinski definition) is 3. The van der Waals surface area contributed by atoms with Crippen molar-refractivity contribution in [3.05, 3.63) is 35.9 Å². The average molecular weight is 206 g/mol. The standard InChI is InChI=1S/C11H14N2O2/c12-9(7-11(13)15)10(14)6-8-4-2-1-3-5-8/h1-5,9H,6-7,12H2,(H2,13,15)/t9-/m0/s1. The van der Waals surface area contributed by atoms with Gasteiger partial charge < -0.3 is 11.5 Å². The first-order valence-corrected chi connectivity index (χ1v) is 4.70. The molecule has 15 heavy (non-hydrogen) atoms. The molecule has 0 aliphatic heterocycles. The van der Waals surface area contributed by atoms with E-state index in [1.165, 1.54) is 0 Å². The van der Waals surface area contributed by atoms with Crippen molar-refractivity contribution in [3.8, 4) is 0 Å². The van der Waals surface area contributed by atoms with Crippen LogP contribution in [0, 0.1) is 0 Å². The molecule has 1 amide bonds.